The first-order valence-corrected chi connectivity index (χ1v) is 8.26. The van der Waals surface area contributed by atoms with Gasteiger partial charge in [-0.15, -0.1) is 0 Å². The van der Waals surface area contributed by atoms with Crippen molar-refractivity contribution in [1.29, 1.82) is 0 Å². The van der Waals surface area contributed by atoms with Gasteiger partial charge in [-0.05, 0) is 31.5 Å². The number of fused-ring (bicyclic) bond motifs is 1. The first-order valence-electron chi connectivity index (χ1n) is 8.26. The molecule has 7 heteroatoms. The zero-order chi connectivity index (χ0) is 17.4. The van der Waals surface area contributed by atoms with Crippen LogP contribution >= 0.6 is 0 Å². The summed E-state index contributed by atoms with van der Waals surface area (Å²) in [6.45, 7) is 5.34. The van der Waals surface area contributed by atoms with Gasteiger partial charge in [0.05, 0.1) is 13.2 Å². The first-order chi connectivity index (χ1) is 12.1. The Morgan fingerprint density at radius 2 is 2.08 bits per heavy atom. The number of aromatic nitrogens is 4. The molecular weight excluding hydrogens is 318 g/mol. The van der Waals surface area contributed by atoms with Crippen LogP contribution in [0.3, 0.4) is 0 Å². The third-order valence-electron chi connectivity index (χ3n) is 4.27. The molecule has 0 aromatic carbocycles. The highest BCUT2D eigenvalue weighted by Crippen LogP contribution is 2.21. The third kappa shape index (κ3) is 3.10. The standard InChI is InChI=1S/C18H19N5O2/c1-12-3-4-16-21-14(10-23(16)9-12)18(24)22-7-8-25-15(11-22)17-19-6-5-13(2)20-17/h3-6,9-10,15H,7-8,11H2,1-2H3/t15-/m0/s1. The molecule has 0 radical (unpaired) electrons. The van der Waals surface area contributed by atoms with E-state index in [0.29, 0.717) is 31.2 Å². The number of imidazole rings is 1. The van der Waals surface area contributed by atoms with Crippen LogP contribution < -0.4 is 0 Å². The highest BCUT2D eigenvalue weighted by molar-refractivity contribution is 5.93. The smallest absolute Gasteiger partial charge is 0.274 e. The van der Waals surface area contributed by atoms with Crippen molar-refractivity contribution in [3.8, 4) is 0 Å². The number of morpholine rings is 1. The van der Waals surface area contributed by atoms with Crippen LogP contribution in [-0.4, -0.2) is 49.9 Å². The van der Waals surface area contributed by atoms with Crippen molar-refractivity contribution in [2.24, 2.45) is 0 Å². The van der Waals surface area contributed by atoms with Crippen molar-refractivity contribution < 1.29 is 9.53 Å². The van der Waals surface area contributed by atoms with Gasteiger partial charge in [0.1, 0.15) is 17.4 Å². The van der Waals surface area contributed by atoms with Gasteiger partial charge in [0, 0.05) is 30.8 Å². The Balaban J connectivity index is 1.56. The van der Waals surface area contributed by atoms with Crippen LogP contribution in [0.4, 0.5) is 0 Å². The van der Waals surface area contributed by atoms with Crippen LogP contribution in [0.15, 0.2) is 36.8 Å². The molecule has 7 nitrogen and oxygen atoms in total. The lowest BCUT2D eigenvalue weighted by molar-refractivity contribution is -0.0270. The minimum atomic E-state index is -0.308. The normalized spacial score (nSPS) is 17.8. The van der Waals surface area contributed by atoms with Crippen molar-refractivity contribution >= 4 is 11.6 Å². The van der Waals surface area contributed by atoms with E-state index in [2.05, 4.69) is 15.0 Å². The number of hydrogen-bond acceptors (Lipinski definition) is 5. The summed E-state index contributed by atoms with van der Waals surface area (Å²) in [5.74, 6) is 0.519. The third-order valence-corrected chi connectivity index (χ3v) is 4.27. The molecule has 1 fully saturated rings. The lowest BCUT2D eigenvalue weighted by Gasteiger charge is -2.31. The van der Waals surface area contributed by atoms with E-state index in [1.54, 1.807) is 17.3 Å². The second-order valence-corrected chi connectivity index (χ2v) is 6.26. The summed E-state index contributed by atoms with van der Waals surface area (Å²) in [5.41, 5.74) is 3.21. The lowest BCUT2D eigenvalue weighted by Crippen LogP contribution is -2.42. The van der Waals surface area contributed by atoms with E-state index in [-0.39, 0.29) is 12.0 Å². The molecule has 25 heavy (non-hydrogen) atoms. The fourth-order valence-electron chi connectivity index (χ4n) is 2.98. The van der Waals surface area contributed by atoms with Gasteiger partial charge < -0.3 is 14.0 Å². The molecule has 128 valence electrons. The quantitative estimate of drug-likeness (QED) is 0.715. The molecule has 1 amide bonds. The highest BCUT2D eigenvalue weighted by Gasteiger charge is 2.29. The Kier molecular flexibility index (Phi) is 3.93. The summed E-state index contributed by atoms with van der Waals surface area (Å²) in [6.07, 6.45) is 5.14. The molecule has 0 saturated carbocycles. The minimum absolute atomic E-state index is 0.0951. The zero-order valence-corrected chi connectivity index (χ0v) is 14.2. The van der Waals surface area contributed by atoms with Crippen LogP contribution in [-0.2, 0) is 4.74 Å². The molecule has 3 aromatic heterocycles. The summed E-state index contributed by atoms with van der Waals surface area (Å²) >= 11 is 0. The van der Waals surface area contributed by atoms with Gasteiger partial charge >= 0.3 is 0 Å². The number of hydrogen-bond donors (Lipinski definition) is 0. The maximum Gasteiger partial charge on any atom is 0.274 e. The molecule has 1 saturated heterocycles. The van der Waals surface area contributed by atoms with Gasteiger partial charge in [0.15, 0.2) is 5.82 Å². The molecule has 1 atom stereocenters. The van der Waals surface area contributed by atoms with Gasteiger partial charge in [0.2, 0.25) is 0 Å². The molecular formula is C18H19N5O2. The molecule has 1 aliphatic rings. The molecule has 1 aliphatic heterocycles. The van der Waals surface area contributed by atoms with Crippen molar-refractivity contribution in [1.82, 2.24) is 24.3 Å². The maximum atomic E-state index is 12.9. The Hall–Kier alpha value is -2.80. The van der Waals surface area contributed by atoms with Gasteiger partial charge in [-0.2, -0.15) is 0 Å². The van der Waals surface area contributed by atoms with Crippen LogP contribution in [0.1, 0.15) is 33.7 Å². The van der Waals surface area contributed by atoms with Gasteiger partial charge in [-0.1, -0.05) is 6.07 Å². The number of nitrogens with zero attached hydrogens (tertiary/aromatic N) is 5. The Morgan fingerprint density at radius 3 is 2.92 bits per heavy atom. The average Bonchev–Trinajstić information content (AvgIpc) is 3.04. The van der Waals surface area contributed by atoms with E-state index in [9.17, 15) is 4.79 Å². The molecule has 4 rings (SSSR count). The summed E-state index contributed by atoms with van der Waals surface area (Å²) in [5, 5.41) is 0. The molecule has 0 unspecified atom stereocenters. The fourth-order valence-corrected chi connectivity index (χ4v) is 2.98. The predicted molar refractivity (Wildman–Crippen MR) is 91.3 cm³/mol. The first kappa shape index (κ1) is 15.7. The van der Waals surface area contributed by atoms with E-state index in [0.717, 1.165) is 16.9 Å². The van der Waals surface area contributed by atoms with Crippen molar-refractivity contribution in [3.05, 3.63) is 59.6 Å². The maximum absolute atomic E-state index is 12.9. The van der Waals surface area contributed by atoms with E-state index in [1.807, 2.05) is 42.6 Å². The molecule has 4 heterocycles. The minimum Gasteiger partial charge on any atom is -0.367 e. The zero-order valence-electron chi connectivity index (χ0n) is 14.2. The number of pyridine rings is 1. The second-order valence-electron chi connectivity index (χ2n) is 6.26. The van der Waals surface area contributed by atoms with E-state index in [1.165, 1.54) is 0 Å². The summed E-state index contributed by atoms with van der Waals surface area (Å²) in [6, 6.07) is 5.74. The van der Waals surface area contributed by atoms with E-state index < -0.39 is 0 Å². The summed E-state index contributed by atoms with van der Waals surface area (Å²) in [7, 11) is 0. The number of aryl methyl sites for hydroxylation is 2. The highest BCUT2D eigenvalue weighted by atomic mass is 16.5. The molecule has 0 bridgehead atoms. The van der Waals surface area contributed by atoms with Crippen molar-refractivity contribution in [3.63, 3.8) is 0 Å². The average molecular weight is 337 g/mol. The number of rotatable bonds is 2. The second kappa shape index (κ2) is 6.25. The lowest BCUT2D eigenvalue weighted by atomic mass is 10.2. The monoisotopic (exact) mass is 337 g/mol. The number of carbonyl (C=O) groups is 1. The van der Waals surface area contributed by atoms with Crippen LogP contribution in [0, 0.1) is 13.8 Å². The number of ether oxygens (including phenoxy) is 1. The van der Waals surface area contributed by atoms with Gasteiger partial charge in [-0.3, -0.25) is 4.79 Å². The fraction of sp³-hybridized carbons (Fsp3) is 0.333. The van der Waals surface area contributed by atoms with Gasteiger partial charge in [0.25, 0.3) is 5.91 Å². The van der Waals surface area contributed by atoms with Gasteiger partial charge in [-0.25, -0.2) is 15.0 Å². The topological polar surface area (TPSA) is 72.6 Å². The largest absolute Gasteiger partial charge is 0.367 e. The predicted octanol–water partition coefficient (Wildman–Crippen LogP) is 1.95. The van der Waals surface area contributed by atoms with E-state index >= 15 is 0 Å². The molecule has 0 spiro atoms. The Bertz CT molecular complexity index is 936. The van der Waals surface area contributed by atoms with Crippen LogP contribution in [0.25, 0.3) is 5.65 Å². The van der Waals surface area contributed by atoms with Crippen LogP contribution in [0.2, 0.25) is 0 Å². The SMILES string of the molecule is Cc1ccc2nc(C(=O)N3CCO[C@H](c4nccc(C)n4)C3)cn2c1. The Labute approximate surface area is 145 Å². The summed E-state index contributed by atoms with van der Waals surface area (Å²) in [4.78, 5) is 27.7. The molecule has 0 N–H and O–H groups in total. The van der Waals surface area contributed by atoms with Crippen LogP contribution in [0.5, 0.6) is 0 Å². The number of amides is 1. The molecule has 3 aromatic rings. The van der Waals surface area contributed by atoms with Crippen molar-refractivity contribution in [2.75, 3.05) is 19.7 Å². The summed E-state index contributed by atoms with van der Waals surface area (Å²) < 4.78 is 7.64. The Morgan fingerprint density at radius 1 is 1.20 bits per heavy atom. The van der Waals surface area contributed by atoms with Crippen molar-refractivity contribution in [2.45, 2.75) is 20.0 Å². The molecule has 0 aliphatic carbocycles. The number of carbonyl (C=O) groups excluding carboxylic acids is 1. The van der Waals surface area contributed by atoms with E-state index in [4.69, 9.17) is 4.74 Å².